The molecule has 13 atom stereocenters. The van der Waals surface area contributed by atoms with Crippen molar-refractivity contribution in [2.75, 3.05) is 8.86 Å². The van der Waals surface area contributed by atoms with Gasteiger partial charge < -0.3 is 43.0 Å². The number of thioether (sulfide) groups is 1. The number of esters is 3. The van der Waals surface area contributed by atoms with E-state index in [1.165, 1.54) is 31.9 Å². The highest BCUT2D eigenvalue weighted by Gasteiger charge is 2.57. The fraction of sp³-hybridized carbons (Fsp3) is 0.667. The Hall–Kier alpha value is -0.490. The predicted molar refractivity (Wildman–Crippen MR) is 205 cm³/mol. The van der Waals surface area contributed by atoms with Crippen molar-refractivity contribution < 1.29 is 57.4 Å². The van der Waals surface area contributed by atoms with Gasteiger partial charge in [-0.3, -0.25) is 14.4 Å². The molecule has 4 rings (SSSR count). The summed E-state index contributed by atoms with van der Waals surface area (Å²) in [6.45, 7) is 9.40. The molecule has 274 valence electrons. The third kappa shape index (κ3) is 10.3. The number of hydrogen-bond acceptors (Lipinski definition) is 13. The van der Waals surface area contributed by atoms with Gasteiger partial charge in [0.05, 0.1) is 27.5 Å². The molecule has 1 N–H and O–H groups in total. The molecule has 2 fully saturated rings. The largest absolute Gasteiger partial charge is 0.493 e. The second-order valence-electron chi connectivity index (χ2n) is 12.4. The average molecular weight is 1040 g/mol. The second kappa shape index (κ2) is 18.5. The lowest BCUT2D eigenvalue weighted by molar-refractivity contribution is -0.316. The maximum atomic E-state index is 12.6. The van der Waals surface area contributed by atoms with Gasteiger partial charge in [0, 0.05) is 27.6 Å². The number of aliphatic hydroxyl groups is 1. The molecule has 0 bridgehead atoms. The molecule has 0 aliphatic carbocycles. The van der Waals surface area contributed by atoms with Crippen LogP contribution >= 0.6 is 79.5 Å². The van der Waals surface area contributed by atoms with Crippen LogP contribution in [0.2, 0.25) is 0 Å². The van der Waals surface area contributed by atoms with Gasteiger partial charge in [0.2, 0.25) is 0 Å². The SMILES string of the molecule is CC(=O)O[C@H]1[C@H](O[C@@H]2O[C@@H](C)[C@H](OC(=O)C(C)C)[C@@](C)(O)[C@H]2I)[C@@H](Sc2ccccc2)[C@H](O[C@@H]2C=CO[C@H](CI)[C@H]2OC(C)=O)O[C@@H]1CI. The number of ether oxygens (including phenoxy) is 8. The van der Waals surface area contributed by atoms with E-state index in [1.807, 2.05) is 30.3 Å². The second-order valence-corrected chi connectivity index (χ2v) is 16.8. The van der Waals surface area contributed by atoms with Crippen molar-refractivity contribution in [3.63, 3.8) is 0 Å². The molecular formula is C33H43I3O12S. The molecule has 3 aliphatic rings. The van der Waals surface area contributed by atoms with Crippen LogP contribution in [0.25, 0.3) is 0 Å². The molecule has 0 unspecified atom stereocenters. The van der Waals surface area contributed by atoms with Crippen LogP contribution in [-0.4, -0.2) is 108 Å². The van der Waals surface area contributed by atoms with E-state index in [9.17, 15) is 19.5 Å². The minimum atomic E-state index is -1.55. The maximum absolute atomic E-state index is 12.6. The quantitative estimate of drug-likeness (QED) is 0.128. The van der Waals surface area contributed by atoms with Crippen LogP contribution in [-0.2, 0) is 52.3 Å². The van der Waals surface area contributed by atoms with Crippen LogP contribution in [0.15, 0.2) is 47.6 Å². The van der Waals surface area contributed by atoms with E-state index >= 15 is 0 Å². The number of halogens is 3. The minimum Gasteiger partial charge on any atom is -0.493 e. The van der Waals surface area contributed by atoms with E-state index in [-0.39, 0.29) is 0 Å². The van der Waals surface area contributed by atoms with Gasteiger partial charge in [-0.2, -0.15) is 0 Å². The lowest BCUT2D eigenvalue weighted by Gasteiger charge is -2.51. The summed E-state index contributed by atoms with van der Waals surface area (Å²) in [7, 11) is 0. The number of hydrogen-bond donors (Lipinski definition) is 1. The zero-order valence-corrected chi connectivity index (χ0v) is 35.2. The zero-order valence-electron chi connectivity index (χ0n) is 27.9. The van der Waals surface area contributed by atoms with Gasteiger partial charge in [-0.25, -0.2) is 0 Å². The van der Waals surface area contributed by atoms with E-state index in [1.54, 1.807) is 33.8 Å². The molecule has 12 nitrogen and oxygen atoms in total. The summed E-state index contributed by atoms with van der Waals surface area (Å²) in [4.78, 5) is 38.1. The Morgan fingerprint density at radius 1 is 0.918 bits per heavy atom. The first-order valence-corrected chi connectivity index (χ1v) is 21.0. The Labute approximate surface area is 332 Å². The van der Waals surface area contributed by atoms with Crippen LogP contribution in [0.3, 0.4) is 0 Å². The molecular weight excluding hydrogens is 1000 g/mol. The van der Waals surface area contributed by atoms with Gasteiger partial charge in [-0.15, -0.1) is 11.8 Å². The third-order valence-corrected chi connectivity index (χ3v) is 13.1. The molecule has 3 heterocycles. The third-order valence-electron chi connectivity index (χ3n) is 8.17. The highest BCUT2D eigenvalue weighted by Crippen LogP contribution is 2.43. The first-order valence-electron chi connectivity index (χ1n) is 15.9. The molecule has 0 spiro atoms. The van der Waals surface area contributed by atoms with Crippen LogP contribution in [0.1, 0.15) is 41.5 Å². The number of alkyl halides is 3. The lowest BCUT2D eigenvalue weighted by atomic mass is 9.88. The molecule has 3 aliphatic heterocycles. The Bertz CT molecular complexity index is 1300. The van der Waals surface area contributed by atoms with E-state index < -0.39 is 100 Å². The minimum absolute atomic E-state index is 0.396. The smallest absolute Gasteiger partial charge is 0.308 e. The van der Waals surface area contributed by atoms with E-state index in [0.29, 0.717) is 8.86 Å². The fourth-order valence-electron chi connectivity index (χ4n) is 5.73. The van der Waals surface area contributed by atoms with Gasteiger partial charge in [-0.05, 0) is 32.1 Å². The molecule has 0 saturated carbocycles. The summed E-state index contributed by atoms with van der Waals surface area (Å²) in [5.74, 6) is -1.85. The molecule has 49 heavy (non-hydrogen) atoms. The van der Waals surface area contributed by atoms with Gasteiger partial charge in [0.15, 0.2) is 30.9 Å². The number of rotatable bonds is 12. The topological polar surface area (TPSA) is 145 Å². The number of benzene rings is 1. The van der Waals surface area contributed by atoms with Crippen molar-refractivity contribution in [1.29, 1.82) is 0 Å². The maximum Gasteiger partial charge on any atom is 0.308 e. The van der Waals surface area contributed by atoms with E-state index in [2.05, 4.69) is 67.8 Å². The van der Waals surface area contributed by atoms with Crippen molar-refractivity contribution >= 4 is 97.4 Å². The summed E-state index contributed by atoms with van der Waals surface area (Å²) in [6, 6.07) is 9.58. The molecule has 0 radical (unpaired) electrons. The Morgan fingerprint density at radius 3 is 2.14 bits per heavy atom. The van der Waals surface area contributed by atoms with Gasteiger partial charge in [-0.1, -0.05) is 99.8 Å². The Kier molecular flexibility index (Phi) is 15.6. The zero-order chi connectivity index (χ0) is 36.0. The van der Waals surface area contributed by atoms with Crippen LogP contribution < -0.4 is 0 Å². The molecule has 1 aromatic rings. The first kappa shape index (κ1) is 41.3. The van der Waals surface area contributed by atoms with Gasteiger partial charge in [0.1, 0.15) is 30.0 Å². The van der Waals surface area contributed by atoms with Crippen molar-refractivity contribution in [1.82, 2.24) is 0 Å². The number of carbonyl (C=O) groups excluding carboxylic acids is 3. The normalized spacial score (nSPS) is 37.6. The van der Waals surface area contributed by atoms with Crippen LogP contribution in [0.5, 0.6) is 0 Å². The average Bonchev–Trinajstić information content (AvgIpc) is 3.04. The lowest BCUT2D eigenvalue weighted by Crippen LogP contribution is -2.67. The summed E-state index contributed by atoms with van der Waals surface area (Å²) in [6.07, 6.45) is -4.86. The highest BCUT2D eigenvalue weighted by atomic mass is 127. The summed E-state index contributed by atoms with van der Waals surface area (Å²) in [5.41, 5.74) is -1.55. The van der Waals surface area contributed by atoms with Gasteiger partial charge >= 0.3 is 17.9 Å². The van der Waals surface area contributed by atoms with Crippen molar-refractivity contribution in [2.45, 2.75) is 123 Å². The summed E-state index contributed by atoms with van der Waals surface area (Å²) >= 11 is 7.80. The van der Waals surface area contributed by atoms with Crippen molar-refractivity contribution in [3.8, 4) is 0 Å². The Morgan fingerprint density at radius 2 is 1.55 bits per heavy atom. The monoisotopic (exact) mass is 1040 g/mol. The first-order chi connectivity index (χ1) is 23.2. The summed E-state index contributed by atoms with van der Waals surface area (Å²) < 4.78 is 49.7. The van der Waals surface area contributed by atoms with Crippen molar-refractivity contribution in [2.24, 2.45) is 5.92 Å². The standard InChI is InChI=1S/C33H43I3O12S/c1-16(2)30(39)48-29-17(3)42-32(28(36)33(29,6)40)47-26-25(44-19(5)38)23(15-35)46-31(27(26)49-20-10-8-7-9-11-20)45-21-12-13-41-22(14-34)24(21)43-18(4)37/h7-13,16-17,21-29,31-32,40H,14-15H2,1-6H3/t17-,21+,22+,23+,24-,25+,26-,27+,28-,29-,31+,32-,33-/m0/s1. The fourth-order valence-corrected chi connectivity index (χ4v) is 9.07. The molecule has 16 heteroatoms. The molecule has 2 saturated heterocycles. The predicted octanol–water partition coefficient (Wildman–Crippen LogP) is 5.16. The van der Waals surface area contributed by atoms with E-state index in [0.717, 1.165) is 4.90 Å². The van der Waals surface area contributed by atoms with Crippen LogP contribution in [0, 0.1) is 5.92 Å². The Balaban J connectivity index is 1.73. The van der Waals surface area contributed by atoms with E-state index in [4.69, 9.17) is 37.9 Å². The highest BCUT2D eigenvalue weighted by molar-refractivity contribution is 14.1. The molecule has 0 amide bonds. The molecule has 1 aromatic carbocycles. The number of carbonyl (C=O) groups is 3. The van der Waals surface area contributed by atoms with Crippen LogP contribution in [0.4, 0.5) is 0 Å². The van der Waals surface area contributed by atoms with Crippen molar-refractivity contribution in [3.05, 3.63) is 42.7 Å². The van der Waals surface area contributed by atoms with Gasteiger partial charge in [0.25, 0.3) is 0 Å². The molecule has 0 aromatic heterocycles. The summed E-state index contributed by atoms with van der Waals surface area (Å²) in [5, 5.41) is 11.1.